The highest BCUT2D eigenvalue weighted by Gasteiger charge is 2.38. The Hall–Kier alpha value is -4.19. The van der Waals surface area contributed by atoms with Gasteiger partial charge < -0.3 is 15.8 Å². The van der Waals surface area contributed by atoms with Crippen LogP contribution in [0.5, 0.6) is 5.75 Å². The minimum absolute atomic E-state index is 0.131. The number of anilines is 1. The number of alkyl halides is 3. The molecule has 4 rings (SSSR count). The van der Waals surface area contributed by atoms with Crippen LogP contribution in [0.3, 0.4) is 0 Å². The monoisotopic (exact) mass is 521 g/mol. The standard InChI is InChI=1S/C21H18F3N7O4S/c1-11(18-29-20(26)30-31(18)17-5-2-12(9-25)10-27-17)28-19(32)13-6-14(35-21(22,23)24)8-16(7-13)36(33,34)15-3-4-15/h2,5-8,10-11,15H,3-4H2,1H3,(H2,26,30)(H,28,32)/t11-/m0/s1. The summed E-state index contributed by atoms with van der Waals surface area (Å²) in [6.45, 7) is 1.51. The van der Waals surface area contributed by atoms with Gasteiger partial charge in [-0.05, 0) is 50.1 Å². The Kier molecular flexibility index (Phi) is 6.31. The molecule has 0 unspecified atom stereocenters. The number of nitrogens with zero attached hydrogens (tertiary/aromatic N) is 5. The fourth-order valence-electron chi connectivity index (χ4n) is 3.34. The fourth-order valence-corrected chi connectivity index (χ4v) is 5.06. The second kappa shape index (κ2) is 9.11. The van der Waals surface area contributed by atoms with E-state index in [0.29, 0.717) is 18.4 Å². The van der Waals surface area contributed by atoms with Crippen LogP contribution in [0.25, 0.3) is 5.82 Å². The third-order valence-electron chi connectivity index (χ3n) is 5.14. The molecule has 0 saturated heterocycles. The van der Waals surface area contributed by atoms with Crippen molar-refractivity contribution in [2.45, 2.75) is 42.3 Å². The van der Waals surface area contributed by atoms with E-state index in [4.69, 9.17) is 11.0 Å². The Morgan fingerprint density at radius 2 is 2.03 bits per heavy atom. The van der Waals surface area contributed by atoms with E-state index in [1.165, 1.54) is 29.9 Å². The largest absolute Gasteiger partial charge is 0.573 e. The zero-order chi connectivity index (χ0) is 26.3. The summed E-state index contributed by atoms with van der Waals surface area (Å²) < 4.78 is 68.9. The molecule has 3 aromatic rings. The molecule has 1 atom stereocenters. The lowest BCUT2D eigenvalue weighted by Crippen LogP contribution is -2.29. The Morgan fingerprint density at radius 3 is 2.61 bits per heavy atom. The van der Waals surface area contributed by atoms with Gasteiger partial charge in [0.2, 0.25) is 5.95 Å². The molecule has 11 nitrogen and oxygen atoms in total. The summed E-state index contributed by atoms with van der Waals surface area (Å²) in [6.07, 6.45) is -3.03. The predicted octanol–water partition coefficient (Wildman–Crippen LogP) is 2.44. The van der Waals surface area contributed by atoms with Gasteiger partial charge in [-0.1, -0.05) is 0 Å². The number of nitrogens with two attached hydrogens (primary N) is 1. The van der Waals surface area contributed by atoms with Gasteiger partial charge in [0, 0.05) is 11.8 Å². The van der Waals surface area contributed by atoms with Crippen LogP contribution >= 0.6 is 0 Å². The number of amides is 1. The number of hydrogen-bond donors (Lipinski definition) is 2. The number of rotatable bonds is 7. The van der Waals surface area contributed by atoms with Crippen molar-refractivity contribution in [1.82, 2.24) is 25.1 Å². The normalized spacial score (nSPS) is 14.6. The molecule has 0 aliphatic heterocycles. The molecule has 0 bridgehead atoms. The summed E-state index contributed by atoms with van der Waals surface area (Å²) in [5.41, 5.74) is 5.64. The van der Waals surface area contributed by atoms with Gasteiger partial charge >= 0.3 is 6.36 Å². The maximum absolute atomic E-state index is 13.0. The molecule has 188 valence electrons. The number of carbonyl (C=O) groups is 1. The van der Waals surface area contributed by atoms with Crippen LogP contribution < -0.4 is 15.8 Å². The second-order valence-corrected chi connectivity index (χ2v) is 10.2. The first-order valence-electron chi connectivity index (χ1n) is 10.4. The summed E-state index contributed by atoms with van der Waals surface area (Å²) in [6, 6.07) is 6.54. The SMILES string of the molecule is C[C@H](NC(=O)c1cc(OC(F)(F)F)cc(S(=O)(=O)C2CC2)c1)c1nc(N)nn1-c1ccc(C#N)cn1. The number of nitrogens with one attached hydrogen (secondary N) is 1. The Morgan fingerprint density at radius 1 is 1.31 bits per heavy atom. The molecule has 36 heavy (non-hydrogen) atoms. The molecule has 2 aromatic heterocycles. The first-order chi connectivity index (χ1) is 16.9. The second-order valence-electron chi connectivity index (χ2n) is 7.94. The molecule has 1 saturated carbocycles. The van der Waals surface area contributed by atoms with Gasteiger partial charge in [0.15, 0.2) is 21.5 Å². The highest BCUT2D eigenvalue weighted by atomic mass is 32.2. The van der Waals surface area contributed by atoms with Gasteiger partial charge in [-0.3, -0.25) is 4.79 Å². The summed E-state index contributed by atoms with van der Waals surface area (Å²) >= 11 is 0. The molecule has 3 N–H and O–H groups in total. The number of nitriles is 1. The first-order valence-corrected chi connectivity index (χ1v) is 12.0. The zero-order valence-electron chi connectivity index (χ0n) is 18.5. The average molecular weight is 521 g/mol. The highest BCUT2D eigenvalue weighted by molar-refractivity contribution is 7.92. The molecular formula is C21H18F3N7O4S. The molecular weight excluding hydrogens is 503 g/mol. The van der Waals surface area contributed by atoms with E-state index in [1.54, 1.807) is 0 Å². The third-order valence-corrected chi connectivity index (χ3v) is 7.39. The number of benzene rings is 1. The number of nitrogen functional groups attached to an aromatic ring is 1. The number of sulfone groups is 1. The molecule has 15 heteroatoms. The van der Waals surface area contributed by atoms with E-state index in [2.05, 4.69) is 25.1 Å². The molecule has 2 heterocycles. The van der Waals surface area contributed by atoms with E-state index >= 15 is 0 Å². The summed E-state index contributed by atoms with van der Waals surface area (Å²) in [5, 5.41) is 14.8. The zero-order valence-corrected chi connectivity index (χ0v) is 19.3. The number of hydrogen-bond acceptors (Lipinski definition) is 9. The number of halogens is 3. The van der Waals surface area contributed by atoms with Crippen LogP contribution in [-0.2, 0) is 9.84 Å². The van der Waals surface area contributed by atoms with Crippen molar-refractivity contribution in [2.75, 3.05) is 5.73 Å². The lowest BCUT2D eigenvalue weighted by Gasteiger charge is -2.16. The van der Waals surface area contributed by atoms with Crippen LogP contribution in [-0.4, -0.2) is 45.7 Å². The van der Waals surface area contributed by atoms with Crippen molar-refractivity contribution < 1.29 is 31.1 Å². The molecule has 0 spiro atoms. The van der Waals surface area contributed by atoms with E-state index < -0.39 is 44.0 Å². The van der Waals surface area contributed by atoms with Crippen molar-refractivity contribution >= 4 is 21.7 Å². The maximum atomic E-state index is 13.0. The molecule has 1 aliphatic rings. The number of carbonyl (C=O) groups excluding carboxylic acids is 1. The van der Waals surface area contributed by atoms with Gasteiger partial charge in [-0.25, -0.2) is 13.4 Å². The molecule has 1 fully saturated rings. The van der Waals surface area contributed by atoms with Crippen LogP contribution in [0.15, 0.2) is 41.4 Å². The van der Waals surface area contributed by atoms with Crippen molar-refractivity contribution in [1.29, 1.82) is 5.26 Å². The number of pyridine rings is 1. The summed E-state index contributed by atoms with van der Waals surface area (Å²) in [4.78, 5) is 20.7. The van der Waals surface area contributed by atoms with E-state index in [9.17, 15) is 26.4 Å². The third kappa shape index (κ3) is 5.38. The lowest BCUT2D eigenvalue weighted by atomic mass is 10.2. The van der Waals surface area contributed by atoms with Gasteiger partial charge in [0.05, 0.1) is 21.8 Å². The summed E-state index contributed by atoms with van der Waals surface area (Å²) in [7, 11) is -3.93. The van der Waals surface area contributed by atoms with Gasteiger partial charge in [-0.2, -0.15) is 14.9 Å². The Labute approximate surface area is 202 Å². The Balaban J connectivity index is 1.64. The smallest absolute Gasteiger partial charge is 0.406 e. The van der Waals surface area contributed by atoms with Crippen molar-refractivity contribution in [2.24, 2.45) is 0 Å². The molecule has 1 aromatic carbocycles. The first kappa shape index (κ1) is 24.9. The maximum Gasteiger partial charge on any atom is 0.573 e. The molecule has 1 amide bonds. The van der Waals surface area contributed by atoms with Crippen LogP contribution in [0.2, 0.25) is 0 Å². The highest BCUT2D eigenvalue weighted by Crippen LogP contribution is 2.36. The van der Waals surface area contributed by atoms with Gasteiger partial charge in [0.1, 0.15) is 11.8 Å². The lowest BCUT2D eigenvalue weighted by molar-refractivity contribution is -0.274. The number of aromatic nitrogens is 4. The quantitative estimate of drug-likeness (QED) is 0.475. The average Bonchev–Trinajstić information content (AvgIpc) is 3.60. The van der Waals surface area contributed by atoms with Crippen molar-refractivity contribution in [3.05, 3.63) is 53.5 Å². The summed E-state index contributed by atoms with van der Waals surface area (Å²) in [5.74, 6) is -1.49. The van der Waals surface area contributed by atoms with Crippen LogP contribution in [0.4, 0.5) is 19.1 Å². The molecule has 0 radical (unpaired) electrons. The minimum Gasteiger partial charge on any atom is -0.406 e. The molecule has 1 aliphatic carbocycles. The topological polar surface area (TPSA) is 166 Å². The van der Waals surface area contributed by atoms with Crippen LogP contribution in [0.1, 0.15) is 47.6 Å². The Bertz CT molecular complexity index is 1460. The minimum atomic E-state index is -5.09. The van der Waals surface area contributed by atoms with Crippen molar-refractivity contribution in [3.63, 3.8) is 0 Å². The fraction of sp³-hybridized carbons (Fsp3) is 0.286. The number of ether oxygens (including phenoxy) is 1. The van der Waals surface area contributed by atoms with Crippen molar-refractivity contribution in [3.8, 4) is 17.6 Å². The van der Waals surface area contributed by atoms with Crippen LogP contribution in [0, 0.1) is 11.3 Å². The van der Waals surface area contributed by atoms with Gasteiger partial charge in [-0.15, -0.1) is 18.3 Å². The van der Waals surface area contributed by atoms with E-state index in [1.807, 2.05) is 6.07 Å². The predicted molar refractivity (Wildman–Crippen MR) is 117 cm³/mol. The van der Waals surface area contributed by atoms with Gasteiger partial charge in [0.25, 0.3) is 5.91 Å². The van der Waals surface area contributed by atoms with E-state index in [0.717, 1.165) is 18.2 Å². The van der Waals surface area contributed by atoms with E-state index in [-0.39, 0.29) is 23.2 Å².